The molecule has 1 aromatic rings. The first-order chi connectivity index (χ1) is 11.5. The number of amides is 2. The Balaban J connectivity index is 2.25. The fourth-order valence-electron chi connectivity index (χ4n) is 2.64. The first kappa shape index (κ1) is 17.8. The predicted octanol–water partition coefficient (Wildman–Crippen LogP) is 2.75. The Bertz CT molecular complexity index is 629. The Hall–Kier alpha value is -2.58. The predicted molar refractivity (Wildman–Crippen MR) is 88.2 cm³/mol. The quantitative estimate of drug-likeness (QED) is 0.771. The van der Waals surface area contributed by atoms with Crippen LogP contribution in [-0.2, 0) is 9.59 Å². The maximum Gasteiger partial charge on any atom is 0.250 e. The van der Waals surface area contributed by atoms with Crippen LogP contribution in [0.3, 0.4) is 0 Å². The normalized spacial score (nSPS) is 14.8. The van der Waals surface area contributed by atoms with Crippen LogP contribution < -0.4 is 15.4 Å². The van der Waals surface area contributed by atoms with Gasteiger partial charge in [-0.2, -0.15) is 9.97 Å². The van der Waals surface area contributed by atoms with Crippen LogP contribution in [-0.4, -0.2) is 28.4 Å². The number of hydrogen-bond donors (Lipinski definition) is 2. The number of nitrogens with zero attached hydrogens (tertiary/aromatic N) is 3. The SMILES string of the molecule is CC(=O)Nc1nc(NC(C)=O)c(N=O)c(OCC2CCCCC2)n1. The lowest BCUT2D eigenvalue weighted by atomic mass is 9.90. The Morgan fingerprint density at radius 1 is 1.12 bits per heavy atom. The molecule has 0 bridgehead atoms. The van der Waals surface area contributed by atoms with Gasteiger partial charge in [0.05, 0.1) is 6.61 Å². The highest BCUT2D eigenvalue weighted by Crippen LogP contribution is 2.34. The smallest absolute Gasteiger partial charge is 0.250 e. The van der Waals surface area contributed by atoms with E-state index in [0.29, 0.717) is 12.5 Å². The molecule has 9 nitrogen and oxygen atoms in total. The third-order valence-corrected chi connectivity index (χ3v) is 3.71. The van der Waals surface area contributed by atoms with Gasteiger partial charge in [-0.05, 0) is 23.9 Å². The molecule has 0 atom stereocenters. The van der Waals surface area contributed by atoms with Crippen LogP contribution in [0.2, 0.25) is 0 Å². The van der Waals surface area contributed by atoms with Gasteiger partial charge in [-0.1, -0.05) is 19.3 Å². The van der Waals surface area contributed by atoms with E-state index in [4.69, 9.17) is 4.74 Å². The van der Waals surface area contributed by atoms with Crippen molar-refractivity contribution in [1.82, 2.24) is 9.97 Å². The first-order valence-corrected chi connectivity index (χ1v) is 7.93. The summed E-state index contributed by atoms with van der Waals surface area (Å²) in [6.45, 7) is 2.98. The topological polar surface area (TPSA) is 123 Å². The van der Waals surface area contributed by atoms with Gasteiger partial charge in [-0.3, -0.25) is 14.9 Å². The van der Waals surface area contributed by atoms with E-state index in [2.05, 4.69) is 25.8 Å². The van der Waals surface area contributed by atoms with Gasteiger partial charge in [0.25, 0.3) is 5.88 Å². The Morgan fingerprint density at radius 3 is 2.38 bits per heavy atom. The molecule has 0 unspecified atom stereocenters. The van der Waals surface area contributed by atoms with E-state index in [9.17, 15) is 14.5 Å². The minimum atomic E-state index is -0.425. The molecule has 2 rings (SSSR count). The average molecular weight is 335 g/mol. The molecule has 0 aromatic carbocycles. The van der Waals surface area contributed by atoms with Crippen LogP contribution in [0.1, 0.15) is 46.0 Å². The molecule has 0 spiro atoms. The molecule has 2 N–H and O–H groups in total. The molecule has 0 radical (unpaired) electrons. The highest BCUT2D eigenvalue weighted by atomic mass is 16.5. The number of hydrogen-bond acceptors (Lipinski definition) is 7. The van der Waals surface area contributed by atoms with Crippen molar-refractivity contribution in [2.45, 2.75) is 46.0 Å². The number of rotatable bonds is 6. The maximum atomic E-state index is 11.3. The van der Waals surface area contributed by atoms with Gasteiger partial charge in [0.15, 0.2) is 5.82 Å². The lowest BCUT2D eigenvalue weighted by Gasteiger charge is -2.21. The summed E-state index contributed by atoms with van der Waals surface area (Å²) >= 11 is 0. The van der Waals surface area contributed by atoms with E-state index in [-0.39, 0.29) is 29.2 Å². The van der Waals surface area contributed by atoms with Gasteiger partial charge < -0.3 is 10.1 Å². The fourth-order valence-corrected chi connectivity index (χ4v) is 2.64. The minimum Gasteiger partial charge on any atom is -0.476 e. The van der Waals surface area contributed by atoms with Gasteiger partial charge in [0.2, 0.25) is 23.5 Å². The molecule has 1 aliphatic carbocycles. The number of aromatic nitrogens is 2. The minimum absolute atomic E-state index is 0.0435. The zero-order valence-electron chi connectivity index (χ0n) is 13.8. The van der Waals surface area contributed by atoms with Gasteiger partial charge in [-0.25, -0.2) is 0 Å². The highest BCUT2D eigenvalue weighted by molar-refractivity contribution is 5.92. The molecule has 1 heterocycles. The summed E-state index contributed by atoms with van der Waals surface area (Å²) in [7, 11) is 0. The highest BCUT2D eigenvalue weighted by Gasteiger charge is 2.21. The van der Waals surface area contributed by atoms with Crippen LogP contribution in [0.4, 0.5) is 17.5 Å². The second-order valence-electron chi connectivity index (χ2n) is 5.82. The lowest BCUT2D eigenvalue weighted by Crippen LogP contribution is -2.18. The molecule has 1 aromatic heterocycles. The number of anilines is 2. The van der Waals surface area contributed by atoms with Crippen molar-refractivity contribution in [1.29, 1.82) is 0 Å². The number of carbonyl (C=O) groups is 2. The van der Waals surface area contributed by atoms with E-state index in [1.807, 2.05) is 0 Å². The lowest BCUT2D eigenvalue weighted by molar-refractivity contribution is -0.115. The zero-order valence-corrected chi connectivity index (χ0v) is 13.8. The molecule has 130 valence electrons. The summed E-state index contributed by atoms with van der Waals surface area (Å²) in [5.74, 6) is -0.605. The largest absolute Gasteiger partial charge is 0.476 e. The average Bonchev–Trinajstić information content (AvgIpc) is 2.52. The zero-order chi connectivity index (χ0) is 17.5. The molecule has 24 heavy (non-hydrogen) atoms. The van der Waals surface area contributed by atoms with Gasteiger partial charge >= 0.3 is 0 Å². The summed E-state index contributed by atoms with van der Waals surface area (Å²) in [5.41, 5.74) is -0.185. The number of carbonyl (C=O) groups excluding carboxylic acids is 2. The molecular weight excluding hydrogens is 314 g/mol. The van der Waals surface area contributed by atoms with Crippen LogP contribution >= 0.6 is 0 Å². The second-order valence-corrected chi connectivity index (χ2v) is 5.82. The van der Waals surface area contributed by atoms with Gasteiger partial charge in [0.1, 0.15) is 0 Å². The van der Waals surface area contributed by atoms with Crippen molar-refractivity contribution in [3.8, 4) is 5.88 Å². The van der Waals surface area contributed by atoms with Gasteiger partial charge in [0, 0.05) is 13.8 Å². The Labute approximate surface area is 139 Å². The molecule has 0 saturated heterocycles. The summed E-state index contributed by atoms with van der Waals surface area (Å²) in [6.07, 6.45) is 5.67. The summed E-state index contributed by atoms with van der Waals surface area (Å²) < 4.78 is 5.66. The third-order valence-electron chi connectivity index (χ3n) is 3.71. The van der Waals surface area contributed by atoms with Crippen LogP contribution in [0.15, 0.2) is 5.18 Å². The molecule has 1 fully saturated rings. The molecule has 2 amide bonds. The number of nitrogens with one attached hydrogen (secondary N) is 2. The molecule has 0 aliphatic heterocycles. The van der Waals surface area contributed by atoms with Crippen LogP contribution in [0.5, 0.6) is 5.88 Å². The van der Waals surface area contributed by atoms with Crippen molar-refractivity contribution >= 4 is 29.3 Å². The molecule has 1 aliphatic rings. The van der Waals surface area contributed by atoms with E-state index in [1.165, 1.54) is 20.3 Å². The molecular formula is C15H21N5O4. The van der Waals surface area contributed by atoms with E-state index in [1.54, 1.807) is 0 Å². The number of nitroso groups, excluding NO2 is 1. The van der Waals surface area contributed by atoms with Crippen molar-refractivity contribution in [3.05, 3.63) is 4.91 Å². The van der Waals surface area contributed by atoms with Crippen molar-refractivity contribution in [2.24, 2.45) is 11.1 Å². The van der Waals surface area contributed by atoms with E-state index in [0.717, 1.165) is 25.7 Å². The Morgan fingerprint density at radius 2 is 1.79 bits per heavy atom. The number of ether oxygens (including phenoxy) is 1. The Kier molecular flexibility index (Phi) is 6.16. The maximum absolute atomic E-state index is 11.3. The van der Waals surface area contributed by atoms with Crippen molar-refractivity contribution < 1.29 is 14.3 Å². The first-order valence-electron chi connectivity index (χ1n) is 7.93. The summed E-state index contributed by atoms with van der Waals surface area (Å²) in [4.78, 5) is 41.6. The summed E-state index contributed by atoms with van der Waals surface area (Å²) in [6, 6.07) is 0. The van der Waals surface area contributed by atoms with Crippen LogP contribution in [0, 0.1) is 10.8 Å². The standard InChI is InChI=1S/C15H21N5O4/c1-9(21)16-13-12(20-23)14(19-15(18-13)17-10(2)22)24-8-11-6-4-3-5-7-11/h11H,3-8H2,1-2H3,(H2,16,17,18,19,21,22). The molecule has 1 saturated carbocycles. The van der Waals surface area contributed by atoms with E-state index >= 15 is 0 Å². The van der Waals surface area contributed by atoms with Gasteiger partial charge in [-0.15, -0.1) is 4.91 Å². The van der Waals surface area contributed by atoms with E-state index < -0.39 is 5.91 Å². The fraction of sp³-hybridized carbons (Fsp3) is 0.600. The monoisotopic (exact) mass is 335 g/mol. The van der Waals surface area contributed by atoms with Crippen molar-refractivity contribution in [2.75, 3.05) is 17.2 Å². The summed E-state index contributed by atoms with van der Waals surface area (Å²) in [5, 5.41) is 7.69. The van der Waals surface area contributed by atoms with Crippen LogP contribution in [0.25, 0.3) is 0 Å². The second kappa shape index (κ2) is 8.32. The molecule has 9 heteroatoms. The van der Waals surface area contributed by atoms with Crippen molar-refractivity contribution in [3.63, 3.8) is 0 Å². The third kappa shape index (κ3) is 4.97.